The van der Waals surface area contributed by atoms with Gasteiger partial charge in [0.05, 0.1) is 11.7 Å². The quantitative estimate of drug-likeness (QED) is 0.461. The SMILES string of the molecule is CCCCSc1nsnc1C1=CCC(C)N(C)C1.O=C(O)C(=O)O. The third-order valence-corrected chi connectivity index (χ3v) is 5.25. The lowest BCUT2D eigenvalue weighted by Gasteiger charge is -2.29. The summed E-state index contributed by atoms with van der Waals surface area (Å²) in [5.41, 5.74) is 2.48. The van der Waals surface area contributed by atoms with Gasteiger partial charge in [-0.25, -0.2) is 9.59 Å². The van der Waals surface area contributed by atoms with Crippen LogP contribution >= 0.6 is 23.5 Å². The molecule has 0 fully saturated rings. The molecule has 0 saturated heterocycles. The molecule has 2 heterocycles. The fourth-order valence-electron chi connectivity index (χ4n) is 1.94. The number of rotatable bonds is 5. The highest BCUT2D eigenvalue weighted by Gasteiger charge is 2.21. The Labute approximate surface area is 150 Å². The van der Waals surface area contributed by atoms with Crippen LogP contribution in [0.5, 0.6) is 0 Å². The first kappa shape index (κ1) is 20.6. The zero-order valence-corrected chi connectivity index (χ0v) is 15.7. The summed E-state index contributed by atoms with van der Waals surface area (Å²) < 4.78 is 8.93. The van der Waals surface area contributed by atoms with Gasteiger partial charge in [-0.1, -0.05) is 19.4 Å². The summed E-state index contributed by atoms with van der Waals surface area (Å²) in [6.07, 6.45) is 5.94. The van der Waals surface area contributed by atoms with E-state index in [2.05, 4.69) is 40.6 Å². The number of carboxylic acids is 2. The minimum absolute atomic E-state index is 0.636. The number of aromatic nitrogens is 2. The second-order valence-electron chi connectivity index (χ2n) is 5.46. The summed E-state index contributed by atoms with van der Waals surface area (Å²) in [7, 11) is 2.18. The Hall–Kier alpha value is -1.45. The van der Waals surface area contributed by atoms with E-state index in [1.54, 1.807) is 0 Å². The largest absolute Gasteiger partial charge is 0.473 e. The van der Waals surface area contributed by atoms with E-state index in [1.807, 2.05) is 11.8 Å². The molecule has 1 aromatic heterocycles. The molecule has 0 amide bonds. The van der Waals surface area contributed by atoms with E-state index < -0.39 is 11.9 Å². The Kier molecular flexibility index (Phi) is 8.94. The van der Waals surface area contributed by atoms with E-state index in [0.717, 1.165) is 29.4 Å². The van der Waals surface area contributed by atoms with Crippen LogP contribution in [0.15, 0.2) is 11.1 Å². The van der Waals surface area contributed by atoms with Gasteiger partial charge in [0.25, 0.3) is 0 Å². The summed E-state index contributed by atoms with van der Waals surface area (Å²) in [6.45, 7) is 5.48. The van der Waals surface area contributed by atoms with Gasteiger partial charge in [0.2, 0.25) is 0 Å². The Morgan fingerprint density at radius 1 is 1.38 bits per heavy atom. The number of thioether (sulfide) groups is 1. The van der Waals surface area contributed by atoms with Crippen LogP contribution in [0.1, 0.15) is 38.8 Å². The smallest absolute Gasteiger partial charge is 0.414 e. The number of unbranched alkanes of at least 4 members (excludes halogenated alkanes) is 1. The third-order valence-electron chi connectivity index (χ3n) is 3.56. The second kappa shape index (κ2) is 10.4. The molecule has 134 valence electrons. The number of carbonyl (C=O) groups is 2. The van der Waals surface area contributed by atoms with E-state index in [0.29, 0.717) is 6.04 Å². The lowest BCUT2D eigenvalue weighted by Crippen LogP contribution is -2.33. The topological polar surface area (TPSA) is 104 Å². The first-order chi connectivity index (χ1) is 11.4. The maximum Gasteiger partial charge on any atom is 0.414 e. The standard InChI is InChI=1S/C13H21N3S2.C2H2O4/c1-4-5-8-17-13-12(14-18-15-13)11-7-6-10(2)16(3)9-11;3-1(4)2(5)6/h7,10H,4-6,8-9H2,1-3H3;(H,3,4)(H,5,6). The van der Waals surface area contributed by atoms with Gasteiger partial charge < -0.3 is 10.2 Å². The molecule has 0 aromatic carbocycles. The zero-order valence-electron chi connectivity index (χ0n) is 14.1. The highest BCUT2D eigenvalue weighted by Crippen LogP contribution is 2.30. The van der Waals surface area contributed by atoms with Crippen molar-refractivity contribution in [3.63, 3.8) is 0 Å². The molecule has 2 N–H and O–H groups in total. The molecule has 1 unspecified atom stereocenters. The first-order valence-electron chi connectivity index (χ1n) is 7.68. The van der Waals surface area contributed by atoms with Gasteiger partial charge in [0.15, 0.2) is 0 Å². The average molecular weight is 374 g/mol. The average Bonchev–Trinajstić information content (AvgIpc) is 2.99. The molecule has 1 aromatic rings. The molecule has 0 spiro atoms. The van der Waals surface area contributed by atoms with Gasteiger partial charge in [-0.05, 0) is 38.1 Å². The summed E-state index contributed by atoms with van der Waals surface area (Å²) in [5.74, 6) is -2.50. The van der Waals surface area contributed by atoms with Crippen molar-refractivity contribution in [1.82, 2.24) is 13.6 Å². The lowest BCUT2D eigenvalue weighted by molar-refractivity contribution is -0.159. The Morgan fingerprint density at radius 3 is 2.58 bits per heavy atom. The lowest BCUT2D eigenvalue weighted by atomic mass is 10.0. The number of carboxylic acid groups (broad SMARTS) is 2. The van der Waals surface area contributed by atoms with Gasteiger partial charge >= 0.3 is 11.9 Å². The molecule has 1 atom stereocenters. The van der Waals surface area contributed by atoms with Crippen LogP contribution < -0.4 is 0 Å². The second-order valence-corrected chi connectivity index (χ2v) is 7.07. The van der Waals surface area contributed by atoms with Crippen molar-refractivity contribution < 1.29 is 19.8 Å². The Balaban J connectivity index is 0.000000413. The number of likely N-dealkylation sites (N-methyl/N-ethyl adjacent to an activating group) is 1. The fraction of sp³-hybridized carbons (Fsp3) is 0.600. The molecule has 1 aliphatic rings. The Bertz CT molecular complexity index is 577. The molecule has 0 aliphatic carbocycles. The number of hydrogen-bond acceptors (Lipinski definition) is 7. The summed E-state index contributed by atoms with van der Waals surface area (Å²) >= 11 is 3.19. The van der Waals surface area contributed by atoms with Crippen LogP contribution in [0.25, 0.3) is 5.57 Å². The van der Waals surface area contributed by atoms with Gasteiger partial charge in [0.1, 0.15) is 10.7 Å². The normalized spacial score (nSPS) is 17.6. The van der Waals surface area contributed by atoms with Crippen LogP contribution in [0.3, 0.4) is 0 Å². The number of hydrogen-bond donors (Lipinski definition) is 2. The van der Waals surface area contributed by atoms with Crippen molar-refractivity contribution in [1.29, 1.82) is 0 Å². The van der Waals surface area contributed by atoms with Crippen LogP contribution in [-0.4, -0.2) is 61.2 Å². The van der Waals surface area contributed by atoms with E-state index in [9.17, 15) is 0 Å². The van der Waals surface area contributed by atoms with E-state index in [4.69, 9.17) is 19.8 Å². The van der Waals surface area contributed by atoms with Crippen molar-refractivity contribution >= 4 is 41.0 Å². The maximum atomic E-state index is 9.10. The minimum atomic E-state index is -1.82. The van der Waals surface area contributed by atoms with E-state index >= 15 is 0 Å². The molecule has 2 rings (SSSR count). The van der Waals surface area contributed by atoms with Crippen LogP contribution in [-0.2, 0) is 9.59 Å². The summed E-state index contributed by atoms with van der Waals surface area (Å²) in [5, 5.41) is 15.9. The number of aliphatic carboxylic acids is 2. The van der Waals surface area contributed by atoms with Crippen molar-refractivity contribution in [2.24, 2.45) is 0 Å². The predicted octanol–water partition coefficient (Wildman–Crippen LogP) is 2.69. The molecule has 24 heavy (non-hydrogen) atoms. The fourth-order valence-corrected chi connectivity index (χ4v) is 3.73. The monoisotopic (exact) mass is 373 g/mol. The zero-order chi connectivity index (χ0) is 18.1. The van der Waals surface area contributed by atoms with Gasteiger partial charge in [0, 0.05) is 12.6 Å². The van der Waals surface area contributed by atoms with Crippen molar-refractivity contribution in [2.45, 2.75) is 44.2 Å². The minimum Gasteiger partial charge on any atom is -0.473 e. The third kappa shape index (κ3) is 6.58. The van der Waals surface area contributed by atoms with Crippen LogP contribution in [0, 0.1) is 0 Å². The van der Waals surface area contributed by atoms with Crippen molar-refractivity contribution in [3.05, 3.63) is 11.8 Å². The molecule has 0 saturated carbocycles. The predicted molar refractivity (Wildman–Crippen MR) is 95.5 cm³/mol. The summed E-state index contributed by atoms with van der Waals surface area (Å²) in [4.78, 5) is 20.6. The van der Waals surface area contributed by atoms with Crippen molar-refractivity contribution in [3.8, 4) is 0 Å². The van der Waals surface area contributed by atoms with E-state index in [1.165, 1.54) is 30.1 Å². The van der Waals surface area contributed by atoms with Gasteiger partial charge in [-0.2, -0.15) is 8.75 Å². The molecule has 1 aliphatic heterocycles. The molecule has 7 nitrogen and oxygen atoms in total. The molecule has 9 heteroatoms. The molecular formula is C15H23N3O4S2. The Morgan fingerprint density at radius 2 is 2.04 bits per heavy atom. The van der Waals surface area contributed by atoms with Crippen LogP contribution in [0.4, 0.5) is 0 Å². The molecular weight excluding hydrogens is 350 g/mol. The van der Waals surface area contributed by atoms with Gasteiger partial charge in [-0.3, -0.25) is 4.90 Å². The first-order valence-corrected chi connectivity index (χ1v) is 9.39. The number of nitrogens with zero attached hydrogens (tertiary/aromatic N) is 3. The maximum absolute atomic E-state index is 9.10. The molecule has 0 bridgehead atoms. The van der Waals surface area contributed by atoms with E-state index in [-0.39, 0.29) is 0 Å². The highest BCUT2D eigenvalue weighted by atomic mass is 32.2. The van der Waals surface area contributed by atoms with Gasteiger partial charge in [-0.15, -0.1) is 11.8 Å². The molecule has 0 radical (unpaired) electrons. The summed E-state index contributed by atoms with van der Waals surface area (Å²) in [6, 6.07) is 0.636. The highest BCUT2D eigenvalue weighted by molar-refractivity contribution is 7.99. The van der Waals surface area contributed by atoms with Crippen LogP contribution in [0.2, 0.25) is 0 Å². The van der Waals surface area contributed by atoms with Crippen molar-refractivity contribution in [2.75, 3.05) is 19.3 Å².